The second kappa shape index (κ2) is 7.70. The third-order valence-corrected chi connectivity index (χ3v) is 4.19. The Labute approximate surface area is 147 Å². The quantitative estimate of drug-likeness (QED) is 0.746. The summed E-state index contributed by atoms with van der Waals surface area (Å²) in [5, 5.41) is 10.7. The van der Waals surface area contributed by atoms with Crippen molar-refractivity contribution in [3.63, 3.8) is 0 Å². The Kier molecular flexibility index (Phi) is 6.05. The number of aliphatic hydroxyl groups excluding tert-OH is 1. The highest BCUT2D eigenvalue weighted by atomic mass is 16.8. The number of rotatable bonds is 7. The molecular formula is C18H26O7. The van der Waals surface area contributed by atoms with Gasteiger partial charge in [-0.25, -0.2) is 4.79 Å². The molecule has 0 unspecified atom stereocenters. The zero-order valence-electron chi connectivity index (χ0n) is 15.3. The molecule has 1 N–H and O–H groups in total. The largest absolute Gasteiger partial charge is 0.497 e. The predicted octanol–water partition coefficient (Wildman–Crippen LogP) is 1.66. The summed E-state index contributed by atoms with van der Waals surface area (Å²) < 4.78 is 26.9. The first-order chi connectivity index (χ1) is 11.7. The van der Waals surface area contributed by atoms with E-state index in [0.717, 1.165) is 11.3 Å². The summed E-state index contributed by atoms with van der Waals surface area (Å²) in [4.78, 5) is 12.3. The van der Waals surface area contributed by atoms with E-state index < -0.39 is 29.6 Å². The molecule has 1 fully saturated rings. The van der Waals surface area contributed by atoms with Gasteiger partial charge >= 0.3 is 5.97 Å². The van der Waals surface area contributed by atoms with Crippen molar-refractivity contribution in [2.75, 3.05) is 20.8 Å². The van der Waals surface area contributed by atoms with Gasteiger partial charge < -0.3 is 28.8 Å². The van der Waals surface area contributed by atoms with Gasteiger partial charge in [-0.3, -0.25) is 0 Å². The number of benzene rings is 1. The van der Waals surface area contributed by atoms with Crippen LogP contribution in [0.1, 0.15) is 26.3 Å². The van der Waals surface area contributed by atoms with Crippen LogP contribution in [0.15, 0.2) is 24.3 Å². The number of aliphatic hydroxyl groups is 1. The maximum atomic E-state index is 12.3. The lowest BCUT2D eigenvalue weighted by Gasteiger charge is -2.34. The van der Waals surface area contributed by atoms with E-state index in [1.807, 2.05) is 24.3 Å². The number of hydrogen-bond acceptors (Lipinski definition) is 7. The minimum Gasteiger partial charge on any atom is -0.497 e. The summed E-state index contributed by atoms with van der Waals surface area (Å²) in [5.41, 5.74) is -0.701. The lowest BCUT2D eigenvalue weighted by Crippen LogP contribution is -2.57. The van der Waals surface area contributed by atoms with Crippen molar-refractivity contribution in [2.45, 2.75) is 51.0 Å². The Bertz CT molecular complexity index is 584. The molecule has 7 heteroatoms. The molecule has 140 valence electrons. The normalized spacial score (nSPS) is 24.6. The molecule has 1 aliphatic heterocycles. The van der Waals surface area contributed by atoms with Crippen molar-refractivity contribution in [3.8, 4) is 5.75 Å². The fourth-order valence-electron chi connectivity index (χ4n) is 2.74. The molecule has 7 nitrogen and oxygen atoms in total. The van der Waals surface area contributed by atoms with Gasteiger partial charge in [0.25, 0.3) is 0 Å². The van der Waals surface area contributed by atoms with E-state index in [1.165, 1.54) is 7.11 Å². The fourth-order valence-corrected chi connectivity index (χ4v) is 2.74. The minimum absolute atomic E-state index is 0.107. The Morgan fingerprint density at radius 2 is 1.92 bits per heavy atom. The van der Waals surface area contributed by atoms with Gasteiger partial charge in [-0.1, -0.05) is 12.1 Å². The third kappa shape index (κ3) is 4.30. The van der Waals surface area contributed by atoms with E-state index in [0.29, 0.717) is 0 Å². The average molecular weight is 354 g/mol. The molecule has 1 heterocycles. The summed E-state index contributed by atoms with van der Waals surface area (Å²) in [5.74, 6) is -0.934. The maximum Gasteiger partial charge on any atom is 0.343 e. The molecule has 0 spiro atoms. The summed E-state index contributed by atoms with van der Waals surface area (Å²) in [7, 11) is 2.84. The molecule has 1 aromatic carbocycles. The van der Waals surface area contributed by atoms with Crippen molar-refractivity contribution in [1.29, 1.82) is 0 Å². The molecule has 1 saturated heterocycles. The number of carbonyl (C=O) groups is 1. The van der Waals surface area contributed by atoms with Gasteiger partial charge in [0.1, 0.15) is 11.9 Å². The van der Waals surface area contributed by atoms with E-state index in [2.05, 4.69) is 0 Å². The van der Waals surface area contributed by atoms with Gasteiger partial charge in [0.15, 0.2) is 5.79 Å². The molecule has 25 heavy (non-hydrogen) atoms. The van der Waals surface area contributed by atoms with Gasteiger partial charge in [-0.15, -0.1) is 0 Å². The predicted molar refractivity (Wildman–Crippen MR) is 89.1 cm³/mol. The molecule has 0 radical (unpaired) electrons. The Morgan fingerprint density at radius 1 is 1.28 bits per heavy atom. The molecule has 0 amide bonds. The Morgan fingerprint density at radius 3 is 2.40 bits per heavy atom. The smallest absolute Gasteiger partial charge is 0.343 e. The van der Waals surface area contributed by atoms with Crippen LogP contribution >= 0.6 is 0 Å². The molecular weight excluding hydrogens is 328 g/mol. The van der Waals surface area contributed by atoms with Crippen LogP contribution in [0.2, 0.25) is 0 Å². The summed E-state index contributed by atoms with van der Waals surface area (Å²) in [6, 6.07) is 7.39. The molecule has 0 bridgehead atoms. The molecule has 0 aromatic heterocycles. The minimum atomic E-state index is -1.61. The first-order valence-electron chi connectivity index (χ1n) is 8.09. The summed E-state index contributed by atoms with van der Waals surface area (Å²) >= 11 is 0. The number of esters is 1. The van der Waals surface area contributed by atoms with Crippen LogP contribution < -0.4 is 4.74 Å². The second-order valence-corrected chi connectivity index (χ2v) is 6.48. The van der Waals surface area contributed by atoms with Crippen molar-refractivity contribution < 1.29 is 33.6 Å². The highest BCUT2D eigenvalue weighted by molar-refractivity contribution is 5.81. The zero-order valence-corrected chi connectivity index (χ0v) is 15.3. The van der Waals surface area contributed by atoms with Crippen molar-refractivity contribution in [1.82, 2.24) is 0 Å². The zero-order chi connectivity index (χ0) is 18.7. The van der Waals surface area contributed by atoms with Crippen LogP contribution in [0, 0.1) is 0 Å². The van der Waals surface area contributed by atoms with Gasteiger partial charge in [0.05, 0.1) is 33.5 Å². The van der Waals surface area contributed by atoms with Gasteiger partial charge in [-0.05, 0) is 38.5 Å². The van der Waals surface area contributed by atoms with E-state index in [-0.39, 0.29) is 13.2 Å². The van der Waals surface area contributed by atoms with Crippen molar-refractivity contribution in [3.05, 3.63) is 29.8 Å². The van der Waals surface area contributed by atoms with Crippen LogP contribution in [0.3, 0.4) is 0 Å². The summed E-state index contributed by atoms with van der Waals surface area (Å²) in [6.07, 6.45) is -1.93. The van der Waals surface area contributed by atoms with Crippen LogP contribution in [0.5, 0.6) is 5.75 Å². The second-order valence-electron chi connectivity index (χ2n) is 6.48. The van der Waals surface area contributed by atoms with Crippen LogP contribution in [-0.2, 0) is 30.3 Å². The van der Waals surface area contributed by atoms with E-state index in [1.54, 1.807) is 27.9 Å². The van der Waals surface area contributed by atoms with Crippen molar-refractivity contribution >= 4 is 5.97 Å². The molecule has 0 aliphatic carbocycles. The first-order valence-corrected chi connectivity index (χ1v) is 8.09. The molecule has 1 aliphatic rings. The lowest BCUT2D eigenvalue weighted by molar-refractivity contribution is -0.217. The van der Waals surface area contributed by atoms with Gasteiger partial charge in [0, 0.05) is 0 Å². The molecule has 2 rings (SSSR count). The maximum absolute atomic E-state index is 12.3. The highest BCUT2D eigenvalue weighted by Gasteiger charge is 2.58. The topological polar surface area (TPSA) is 83.5 Å². The van der Waals surface area contributed by atoms with Gasteiger partial charge in [-0.2, -0.15) is 0 Å². The Balaban J connectivity index is 2.05. The number of methoxy groups -OCH3 is 2. The highest BCUT2D eigenvalue weighted by Crippen LogP contribution is 2.36. The molecule has 1 aromatic rings. The first kappa shape index (κ1) is 19.7. The van der Waals surface area contributed by atoms with E-state index in [4.69, 9.17) is 23.7 Å². The van der Waals surface area contributed by atoms with E-state index >= 15 is 0 Å². The third-order valence-electron chi connectivity index (χ3n) is 4.19. The standard InChI is InChI=1S/C18H26O7/c1-12(23-10-13-6-8-14(21-4)9-7-13)15(19)18(16(20)22-5)11-24-17(2,3)25-18/h6-9,12,15,19H,10-11H2,1-5H3/t12-,15+,18-/m0/s1. The van der Waals surface area contributed by atoms with Gasteiger partial charge in [0.2, 0.25) is 5.60 Å². The Hall–Kier alpha value is -1.67. The van der Waals surface area contributed by atoms with E-state index in [9.17, 15) is 9.90 Å². The van der Waals surface area contributed by atoms with Crippen molar-refractivity contribution in [2.24, 2.45) is 0 Å². The van der Waals surface area contributed by atoms with Crippen LogP contribution in [0.25, 0.3) is 0 Å². The number of carbonyl (C=O) groups excluding carboxylic acids is 1. The molecule has 3 atom stereocenters. The molecule has 0 saturated carbocycles. The number of hydrogen-bond donors (Lipinski definition) is 1. The number of ether oxygens (including phenoxy) is 5. The summed E-state index contributed by atoms with van der Waals surface area (Å²) in [6.45, 7) is 5.18. The lowest BCUT2D eigenvalue weighted by atomic mass is 9.93. The fraction of sp³-hybridized carbons (Fsp3) is 0.611. The van der Waals surface area contributed by atoms with Crippen LogP contribution in [0.4, 0.5) is 0 Å². The van der Waals surface area contributed by atoms with Crippen LogP contribution in [-0.4, -0.2) is 55.5 Å². The SMILES string of the molecule is COC(=O)[C@@]1([C@H](O)[C@H](C)OCc2ccc(OC)cc2)COC(C)(C)O1. The average Bonchev–Trinajstić information content (AvgIpc) is 2.95. The monoisotopic (exact) mass is 354 g/mol.